The Bertz CT molecular complexity index is 478. The van der Waals surface area contributed by atoms with Crippen LogP contribution >= 0.6 is 0 Å². The van der Waals surface area contributed by atoms with Crippen LogP contribution in [0.3, 0.4) is 0 Å². The van der Waals surface area contributed by atoms with E-state index < -0.39 is 32.2 Å². The number of ether oxygens (including phenoxy) is 2. The van der Waals surface area contributed by atoms with E-state index >= 15 is 0 Å². The minimum absolute atomic E-state index is 0.0535. The molecule has 0 saturated carbocycles. The van der Waals surface area contributed by atoms with Gasteiger partial charge in [0.1, 0.15) is 11.7 Å². The lowest BCUT2D eigenvalue weighted by Gasteiger charge is -2.40. The summed E-state index contributed by atoms with van der Waals surface area (Å²) in [5.41, 5.74) is -0.591. The zero-order valence-corrected chi connectivity index (χ0v) is 17.5. The topological polar surface area (TPSA) is 73.9 Å². The molecular formula is C17H33NO5Si. The summed E-state index contributed by atoms with van der Waals surface area (Å²) in [6.45, 7) is 18.0. The molecule has 7 heteroatoms. The van der Waals surface area contributed by atoms with Crippen molar-refractivity contribution in [1.82, 2.24) is 5.32 Å². The minimum atomic E-state index is -2.00. The lowest BCUT2D eigenvalue weighted by Crippen LogP contribution is -2.51. The first kappa shape index (κ1) is 21.0. The fraction of sp³-hybridized carbons (Fsp3) is 0.882. The molecular weight excluding hydrogens is 326 g/mol. The van der Waals surface area contributed by atoms with E-state index in [2.05, 4.69) is 39.2 Å². The Morgan fingerprint density at radius 1 is 1.25 bits per heavy atom. The van der Waals surface area contributed by atoms with E-state index in [9.17, 15) is 9.59 Å². The van der Waals surface area contributed by atoms with Gasteiger partial charge in [-0.15, -0.1) is 0 Å². The third-order valence-electron chi connectivity index (χ3n) is 4.50. The van der Waals surface area contributed by atoms with E-state index in [1.165, 1.54) is 0 Å². The number of carbonyl (C=O) groups excluding carboxylic acids is 2. The fourth-order valence-corrected chi connectivity index (χ4v) is 3.72. The van der Waals surface area contributed by atoms with Gasteiger partial charge in [-0.2, -0.15) is 0 Å². The molecule has 0 aromatic rings. The van der Waals surface area contributed by atoms with Gasteiger partial charge in [0, 0.05) is 0 Å². The van der Waals surface area contributed by atoms with Gasteiger partial charge in [0.15, 0.2) is 8.32 Å². The molecule has 24 heavy (non-hydrogen) atoms. The van der Waals surface area contributed by atoms with Crippen LogP contribution in [0.25, 0.3) is 0 Å². The van der Waals surface area contributed by atoms with E-state index in [0.717, 1.165) is 0 Å². The van der Waals surface area contributed by atoms with Crippen molar-refractivity contribution in [2.45, 2.75) is 96.9 Å². The van der Waals surface area contributed by atoms with Crippen molar-refractivity contribution < 1.29 is 23.5 Å². The number of amides is 1. The van der Waals surface area contributed by atoms with E-state index in [-0.39, 0.29) is 23.5 Å². The third-order valence-corrected chi connectivity index (χ3v) is 9.08. The van der Waals surface area contributed by atoms with Gasteiger partial charge < -0.3 is 19.2 Å². The van der Waals surface area contributed by atoms with E-state index in [1.807, 2.05) is 6.92 Å². The predicted molar refractivity (Wildman–Crippen MR) is 95.4 cm³/mol. The van der Waals surface area contributed by atoms with E-state index in [1.54, 1.807) is 20.8 Å². The van der Waals surface area contributed by atoms with Gasteiger partial charge in [0.2, 0.25) is 0 Å². The number of carbonyl (C=O) groups is 2. The largest absolute Gasteiger partial charge is 0.457 e. The quantitative estimate of drug-likeness (QED) is 0.613. The lowest BCUT2D eigenvalue weighted by atomic mass is 10.1. The standard InChI is InChI=1S/C17H33NO5Si/c1-11(23-24(8,9)17(5,6)7)14-12(10-13(19)21-14)18-15(20)22-16(2,3)4/h11-12,14H,10H2,1-9H3,(H,18,20)/t11-,12+,14-/m1/s1. The van der Waals surface area contributed by atoms with Crippen LogP contribution in [0.5, 0.6) is 0 Å². The van der Waals surface area contributed by atoms with Crippen molar-refractivity contribution >= 4 is 20.4 Å². The van der Waals surface area contributed by atoms with Crippen LogP contribution in [0, 0.1) is 0 Å². The second kappa shape index (κ2) is 7.04. The average molecular weight is 360 g/mol. The number of nitrogens with one attached hydrogen (secondary N) is 1. The summed E-state index contributed by atoms with van der Waals surface area (Å²) in [5, 5.41) is 2.80. The maximum absolute atomic E-state index is 12.0. The Kier molecular flexibility index (Phi) is 6.14. The van der Waals surface area contributed by atoms with Gasteiger partial charge in [-0.05, 0) is 45.8 Å². The number of rotatable bonds is 4. The number of alkyl carbamates (subject to hydrolysis) is 1. The zero-order valence-electron chi connectivity index (χ0n) is 16.5. The predicted octanol–water partition coefficient (Wildman–Crippen LogP) is 3.61. The molecule has 0 unspecified atom stereocenters. The summed E-state index contributed by atoms with van der Waals surface area (Å²) in [4.78, 5) is 23.7. The van der Waals surface area contributed by atoms with E-state index in [4.69, 9.17) is 13.9 Å². The average Bonchev–Trinajstić information content (AvgIpc) is 2.65. The molecule has 6 nitrogen and oxygen atoms in total. The Hall–Kier alpha value is -1.08. The van der Waals surface area contributed by atoms with Crippen molar-refractivity contribution in [3.63, 3.8) is 0 Å². The van der Waals surface area contributed by atoms with Crippen LogP contribution in [0.2, 0.25) is 18.1 Å². The first-order chi connectivity index (χ1) is 10.6. The van der Waals surface area contributed by atoms with Gasteiger partial charge in [0.25, 0.3) is 0 Å². The summed E-state index contributed by atoms with van der Waals surface area (Å²) in [7, 11) is -2.00. The van der Waals surface area contributed by atoms with Crippen LogP contribution in [0.4, 0.5) is 4.79 Å². The smallest absolute Gasteiger partial charge is 0.408 e. The van der Waals surface area contributed by atoms with Crippen LogP contribution in [-0.4, -0.2) is 44.2 Å². The van der Waals surface area contributed by atoms with Crippen LogP contribution in [0.15, 0.2) is 0 Å². The molecule has 1 N–H and O–H groups in total. The highest BCUT2D eigenvalue weighted by Crippen LogP contribution is 2.38. The SMILES string of the molecule is C[C@@H](O[Si](C)(C)C(C)(C)C)[C@H]1OC(=O)C[C@@H]1NC(=O)OC(C)(C)C. The molecule has 1 amide bonds. The van der Waals surface area contributed by atoms with Crippen molar-refractivity contribution in [3.05, 3.63) is 0 Å². The monoisotopic (exact) mass is 359 g/mol. The highest BCUT2D eigenvalue weighted by molar-refractivity contribution is 6.74. The highest BCUT2D eigenvalue weighted by Gasteiger charge is 2.45. The van der Waals surface area contributed by atoms with Gasteiger partial charge in [-0.3, -0.25) is 4.79 Å². The Labute approximate surface area is 146 Å². The molecule has 1 saturated heterocycles. The normalized spacial score (nSPS) is 23.6. The third kappa shape index (κ3) is 5.77. The molecule has 0 bridgehead atoms. The van der Waals surface area contributed by atoms with Crippen LogP contribution < -0.4 is 5.32 Å². The number of cyclic esters (lactones) is 1. The first-order valence-electron chi connectivity index (χ1n) is 8.49. The molecule has 3 atom stereocenters. The molecule has 1 heterocycles. The molecule has 0 spiro atoms. The van der Waals surface area contributed by atoms with Crippen molar-refractivity contribution in [2.24, 2.45) is 0 Å². The molecule has 1 rings (SSSR count). The molecule has 140 valence electrons. The molecule has 0 radical (unpaired) electrons. The summed E-state index contributed by atoms with van der Waals surface area (Å²) >= 11 is 0. The summed E-state index contributed by atoms with van der Waals surface area (Å²) in [6.07, 6.45) is -1.21. The second-order valence-corrected chi connectivity index (χ2v) is 13.8. The molecule has 0 aromatic heterocycles. The maximum atomic E-state index is 12.0. The van der Waals surface area contributed by atoms with Crippen LogP contribution in [0.1, 0.15) is 54.9 Å². The number of esters is 1. The Morgan fingerprint density at radius 2 is 1.79 bits per heavy atom. The van der Waals surface area contributed by atoms with Gasteiger partial charge >= 0.3 is 12.1 Å². The Balaban J connectivity index is 2.77. The number of hydrogen-bond donors (Lipinski definition) is 1. The number of hydrogen-bond acceptors (Lipinski definition) is 5. The lowest BCUT2D eigenvalue weighted by molar-refractivity contribution is -0.144. The highest BCUT2D eigenvalue weighted by atomic mass is 28.4. The fourth-order valence-electron chi connectivity index (χ4n) is 2.30. The molecule has 0 aliphatic carbocycles. The van der Waals surface area contributed by atoms with Crippen LogP contribution in [-0.2, 0) is 18.7 Å². The van der Waals surface area contributed by atoms with Crippen molar-refractivity contribution in [1.29, 1.82) is 0 Å². The molecule has 1 fully saturated rings. The Morgan fingerprint density at radius 3 is 2.25 bits per heavy atom. The summed E-state index contributed by atoms with van der Waals surface area (Å²) in [5.74, 6) is -0.327. The molecule has 0 aromatic carbocycles. The summed E-state index contributed by atoms with van der Waals surface area (Å²) < 4.78 is 17.0. The van der Waals surface area contributed by atoms with E-state index in [0.29, 0.717) is 0 Å². The van der Waals surface area contributed by atoms with Crippen molar-refractivity contribution in [2.75, 3.05) is 0 Å². The first-order valence-corrected chi connectivity index (χ1v) is 11.4. The molecule has 1 aliphatic heterocycles. The van der Waals surface area contributed by atoms with Gasteiger partial charge in [-0.1, -0.05) is 20.8 Å². The minimum Gasteiger partial charge on any atom is -0.457 e. The van der Waals surface area contributed by atoms with Gasteiger partial charge in [0.05, 0.1) is 18.6 Å². The van der Waals surface area contributed by atoms with Gasteiger partial charge in [-0.25, -0.2) is 4.79 Å². The molecule has 1 aliphatic rings. The van der Waals surface area contributed by atoms with Crippen molar-refractivity contribution in [3.8, 4) is 0 Å². The second-order valence-electron chi connectivity index (χ2n) is 8.99. The maximum Gasteiger partial charge on any atom is 0.408 e. The zero-order chi connectivity index (χ0) is 18.9. The summed E-state index contributed by atoms with van der Waals surface area (Å²) in [6, 6.07) is -0.438.